The van der Waals surface area contributed by atoms with Crippen LogP contribution in [-0.2, 0) is 0 Å². The fourth-order valence-corrected chi connectivity index (χ4v) is 2.61. The Morgan fingerprint density at radius 2 is 2.38 bits per heavy atom. The molecule has 1 aliphatic heterocycles. The topological polar surface area (TPSA) is 52.6 Å². The highest BCUT2D eigenvalue weighted by Gasteiger charge is 2.25. The molecule has 0 radical (unpaired) electrons. The highest BCUT2D eigenvalue weighted by molar-refractivity contribution is 14.0. The van der Waals surface area contributed by atoms with Crippen LogP contribution in [0.15, 0.2) is 35.5 Å². The molecule has 1 fully saturated rings. The largest absolute Gasteiger partial charge is 0.357 e. The van der Waals surface area contributed by atoms with Gasteiger partial charge in [0.2, 0.25) is 0 Å². The zero-order valence-electron chi connectivity index (χ0n) is 14.3. The quantitative estimate of drug-likeness (QED) is 0.232. The van der Waals surface area contributed by atoms with Crippen molar-refractivity contribution in [2.45, 2.75) is 32.7 Å². The molecule has 1 aromatic heterocycles. The molecule has 0 aliphatic carbocycles. The summed E-state index contributed by atoms with van der Waals surface area (Å²) in [7, 11) is 0. The number of guanidine groups is 1. The van der Waals surface area contributed by atoms with Crippen LogP contribution >= 0.6 is 24.0 Å². The lowest BCUT2D eigenvalue weighted by molar-refractivity contribution is 0.612. The third kappa shape index (κ3) is 6.26. The number of allylic oxidation sites excluding steroid dienone is 1. The molecule has 0 spiro atoms. The molecular formula is C17H27FIN5. The molecule has 2 rings (SSSR count). The van der Waals surface area contributed by atoms with Crippen LogP contribution in [0.4, 0.5) is 10.2 Å². The standard InChI is InChI=1S/C17H26FN5.HI/c1-3-5-6-10-21-17(19-4-2)22-14-9-12-23(13-14)16-15(18)8-7-11-20-16;/h3,5,7-8,11,14H,4,6,9-10,12-13H2,1-2H3,(H2,19,21,22);1H/b5-3+;. The van der Waals surface area contributed by atoms with E-state index in [4.69, 9.17) is 0 Å². The van der Waals surface area contributed by atoms with Crippen LogP contribution < -0.4 is 15.5 Å². The van der Waals surface area contributed by atoms with E-state index in [1.165, 1.54) is 6.07 Å². The Balaban J connectivity index is 0.00000288. The van der Waals surface area contributed by atoms with E-state index < -0.39 is 0 Å². The van der Waals surface area contributed by atoms with Crippen molar-refractivity contribution in [3.63, 3.8) is 0 Å². The van der Waals surface area contributed by atoms with Gasteiger partial charge in [0, 0.05) is 38.4 Å². The van der Waals surface area contributed by atoms with Crippen LogP contribution in [0.1, 0.15) is 26.7 Å². The molecule has 0 amide bonds. The number of aliphatic imine (C=N–C) groups is 1. The Morgan fingerprint density at radius 3 is 3.08 bits per heavy atom. The SMILES string of the molecule is C/C=C/CCN=C(NCC)NC1CCN(c2ncccc2F)C1.I. The van der Waals surface area contributed by atoms with E-state index in [1.807, 2.05) is 24.8 Å². The highest BCUT2D eigenvalue weighted by atomic mass is 127. The monoisotopic (exact) mass is 447 g/mol. The summed E-state index contributed by atoms with van der Waals surface area (Å²) in [5.74, 6) is 0.997. The van der Waals surface area contributed by atoms with E-state index in [9.17, 15) is 4.39 Å². The second-order valence-corrected chi connectivity index (χ2v) is 5.50. The summed E-state index contributed by atoms with van der Waals surface area (Å²) in [4.78, 5) is 10.7. The maximum atomic E-state index is 13.8. The molecule has 5 nitrogen and oxygen atoms in total. The molecule has 7 heteroatoms. The van der Waals surface area contributed by atoms with Gasteiger partial charge in [0.05, 0.1) is 0 Å². The van der Waals surface area contributed by atoms with E-state index in [2.05, 4.69) is 26.7 Å². The van der Waals surface area contributed by atoms with Crippen LogP contribution in [0.25, 0.3) is 0 Å². The average molecular weight is 447 g/mol. The lowest BCUT2D eigenvalue weighted by Gasteiger charge is -2.19. The van der Waals surface area contributed by atoms with E-state index in [-0.39, 0.29) is 35.8 Å². The molecule has 2 heterocycles. The minimum Gasteiger partial charge on any atom is -0.357 e. The number of nitrogens with zero attached hydrogens (tertiary/aromatic N) is 3. The summed E-state index contributed by atoms with van der Waals surface area (Å²) < 4.78 is 13.8. The first kappa shape index (κ1) is 20.7. The van der Waals surface area contributed by atoms with Crippen molar-refractivity contribution in [2.75, 3.05) is 31.1 Å². The van der Waals surface area contributed by atoms with Gasteiger partial charge in [-0.1, -0.05) is 12.2 Å². The molecule has 2 N–H and O–H groups in total. The normalized spacial score (nSPS) is 17.9. The fourth-order valence-electron chi connectivity index (χ4n) is 2.61. The first-order valence-corrected chi connectivity index (χ1v) is 8.26. The Labute approximate surface area is 160 Å². The van der Waals surface area contributed by atoms with Gasteiger partial charge in [-0.25, -0.2) is 9.37 Å². The van der Waals surface area contributed by atoms with Gasteiger partial charge < -0.3 is 15.5 Å². The molecular weight excluding hydrogens is 420 g/mol. The van der Waals surface area contributed by atoms with Crippen LogP contribution in [-0.4, -0.2) is 43.2 Å². The molecule has 1 saturated heterocycles. The summed E-state index contributed by atoms with van der Waals surface area (Å²) in [6, 6.07) is 3.32. The smallest absolute Gasteiger partial charge is 0.191 e. The van der Waals surface area contributed by atoms with Crippen molar-refractivity contribution in [2.24, 2.45) is 4.99 Å². The van der Waals surface area contributed by atoms with Crippen LogP contribution in [0.2, 0.25) is 0 Å². The average Bonchev–Trinajstić information content (AvgIpc) is 3.00. The Morgan fingerprint density at radius 1 is 1.54 bits per heavy atom. The van der Waals surface area contributed by atoms with Crippen LogP contribution in [0.5, 0.6) is 0 Å². The molecule has 0 aromatic carbocycles. The van der Waals surface area contributed by atoms with Gasteiger partial charge in [0.25, 0.3) is 0 Å². The van der Waals surface area contributed by atoms with E-state index in [0.717, 1.165) is 45.0 Å². The number of hydrogen-bond donors (Lipinski definition) is 2. The van der Waals surface area contributed by atoms with E-state index >= 15 is 0 Å². The number of aromatic nitrogens is 1. The number of nitrogens with one attached hydrogen (secondary N) is 2. The second kappa shape index (κ2) is 11.2. The van der Waals surface area contributed by atoms with Gasteiger partial charge in [0.15, 0.2) is 17.6 Å². The predicted octanol–water partition coefficient (Wildman–Crippen LogP) is 2.94. The molecule has 0 bridgehead atoms. The van der Waals surface area contributed by atoms with Gasteiger partial charge in [-0.3, -0.25) is 4.99 Å². The van der Waals surface area contributed by atoms with Crippen molar-refractivity contribution >= 4 is 35.8 Å². The molecule has 24 heavy (non-hydrogen) atoms. The summed E-state index contributed by atoms with van der Waals surface area (Å²) in [5, 5.41) is 6.69. The number of halogens is 2. The first-order valence-electron chi connectivity index (χ1n) is 8.26. The number of anilines is 1. The van der Waals surface area contributed by atoms with Gasteiger partial charge in [0.1, 0.15) is 0 Å². The number of hydrogen-bond acceptors (Lipinski definition) is 3. The molecule has 134 valence electrons. The Bertz CT molecular complexity index is 550. The minimum absolute atomic E-state index is 0. The highest BCUT2D eigenvalue weighted by Crippen LogP contribution is 2.20. The predicted molar refractivity (Wildman–Crippen MR) is 109 cm³/mol. The third-order valence-electron chi connectivity index (χ3n) is 3.71. The summed E-state index contributed by atoms with van der Waals surface area (Å²) >= 11 is 0. The zero-order valence-corrected chi connectivity index (χ0v) is 16.7. The van der Waals surface area contributed by atoms with Crippen molar-refractivity contribution < 1.29 is 4.39 Å². The van der Waals surface area contributed by atoms with Gasteiger partial charge in [-0.05, 0) is 38.8 Å². The van der Waals surface area contributed by atoms with E-state index in [1.54, 1.807) is 12.3 Å². The van der Waals surface area contributed by atoms with Crippen molar-refractivity contribution in [3.05, 3.63) is 36.3 Å². The third-order valence-corrected chi connectivity index (χ3v) is 3.71. The van der Waals surface area contributed by atoms with E-state index in [0.29, 0.717) is 5.82 Å². The number of pyridine rings is 1. The van der Waals surface area contributed by atoms with Gasteiger partial charge in [-0.2, -0.15) is 0 Å². The second-order valence-electron chi connectivity index (χ2n) is 5.50. The molecule has 1 unspecified atom stereocenters. The fraction of sp³-hybridized carbons (Fsp3) is 0.529. The maximum Gasteiger partial charge on any atom is 0.191 e. The van der Waals surface area contributed by atoms with Crippen molar-refractivity contribution in [3.8, 4) is 0 Å². The lowest BCUT2D eigenvalue weighted by atomic mass is 10.3. The molecule has 0 saturated carbocycles. The Kier molecular flexibility index (Phi) is 9.66. The Hall–Kier alpha value is -1.38. The van der Waals surface area contributed by atoms with Crippen LogP contribution in [0.3, 0.4) is 0 Å². The first-order chi connectivity index (χ1) is 11.2. The molecule has 1 aromatic rings. The summed E-state index contributed by atoms with van der Waals surface area (Å²) in [6.45, 7) is 7.16. The maximum absolute atomic E-state index is 13.8. The molecule has 1 aliphatic rings. The van der Waals surface area contributed by atoms with Crippen LogP contribution in [0, 0.1) is 5.82 Å². The van der Waals surface area contributed by atoms with Crippen molar-refractivity contribution in [1.29, 1.82) is 0 Å². The number of rotatable bonds is 6. The van der Waals surface area contributed by atoms with Gasteiger partial charge in [-0.15, -0.1) is 24.0 Å². The van der Waals surface area contributed by atoms with Gasteiger partial charge >= 0.3 is 0 Å². The van der Waals surface area contributed by atoms with Crippen molar-refractivity contribution in [1.82, 2.24) is 15.6 Å². The summed E-state index contributed by atoms with van der Waals surface area (Å²) in [5.41, 5.74) is 0. The minimum atomic E-state index is -0.264. The lowest BCUT2D eigenvalue weighted by Crippen LogP contribution is -2.44. The summed E-state index contributed by atoms with van der Waals surface area (Å²) in [6.07, 6.45) is 7.64. The molecule has 1 atom stereocenters. The zero-order chi connectivity index (χ0) is 16.5.